The van der Waals surface area contributed by atoms with Gasteiger partial charge in [0.1, 0.15) is 4.32 Å². The molecule has 7 nitrogen and oxygen atoms in total. The number of piperidine rings is 1. The van der Waals surface area contributed by atoms with Crippen LogP contribution in [0.25, 0.3) is 0 Å². The zero-order valence-corrected chi connectivity index (χ0v) is 19.7. The van der Waals surface area contributed by atoms with E-state index in [1.165, 1.54) is 18.7 Å². The van der Waals surface area contributed by atoms with E-state index < -0.39 is 0 Å². The molecule has 9 heteroatoms. The number of nitrogens with zero attached hydrogens (tertiary/aromatic N) is 2. The third-order valence-corrected chi connectivity index (χ3v) is 7.43. The monoisotopic (exact) mass is 470 g/mol. The van der Waals surface area contributed by atoms with Gasteiger partial charge in [0, 0.05) is 55.6 Å². The summed E-state index contributed by atoms with van der Waals surface area (Å²) in [4.78, 5) is 38.2. The van der Waals surface area contributed by atoms with Gasteiger partial charge in [-0.05, 0) is 49.6 Å². The van der Waals surface area contributed by atoms with Gasteiger partial charge in [0.2, 0.25) is 11.8 Å². The highest BCUT2D eigenvalue weighted by Gasteiger charge is 2.35. The second-order valence-electron chi connectivity index (χ2n) is 8.38. The Kier molecular flexibility index (Phi) is 6.66. The van der Waals surface area contributed by atoms with Gasteiger partial charge in [-0.2, -0.15) is 0 Å². The molecule has 32 heavy (non-hydrogen) atoms. The summed E-state index contributed by atoms with van der Waals surface area (Å²) in [5.74, 6) is 0.392. The molecule has 1 aromatic carbocycles. The van der Waals surface area contributed by atoms with E-state index in [4.69, 9.17) is 12.2 Å². The van der Waals surface area contributed by atoms with Gasteiger partial charge in [-0.1, -0.05) is 30.0 Å². The summed E-state index contributed by atoms with van der Waals surface area (Å²) >= 11 is 7.08. The maximum Gasteiger partial charge on any atom is 0.250 e. The first-order valence-electron chi connectivity index (χ1n) is 10.6. The Morgan fingerprint density at radius 3 is 2.44 bits per heavy atom. The lowest BCUT2D eigenvalue weighted by molar-refractivity contribution is -0.115. The van der Waals surface area contributed by atoms with Crippen LogP contribution in [0, 0.1) is 5.92 Å². The number of hydrogen-bond acceptors (Lipinski definition) is 5. The summed E-state index contributed by atoms with van der Waals surface area (Å²) in [6, 6.07) is 12.5. The lowest BCUT2D eigenvalue weighted by atomic mass is 9.83. The van der Waals surface area contributed by atoms with Crippen molar-refractivity contribution in [3.63, 3.8) is 0 Å². The predicted octanol–water partition coefficient (Wildman–Crippen LogP) is 3.27. The molecule has 2 aliphatic rings. The van der Waals surface area contributed by atoms with Crippen molar-refractivity contribution < 1.29 is 9.59 Å². The number of amides is 2. The van der Waals surface area contributed by atoms with Crippen LogP contribution in [0.2, 0.25) is 0 Å². The Bertz CT molecular complexity index is 1100. The molecular formula is C23H26N4O3S2. The average Bonchev–Trinajstić information content (AvgIpc) is 2.75. The second kappa shape index (κ2) is 9.46. The van der Waals surface area contributed by atoms with Crippen molar-refractivity contribution >= 4 is 51.5 Å². The number of likely N-dealkylation sites (tertiary alicyclic amines) is 1. The second-order valence-corrected chi connectivity index (χ2v) is 10.4. The third kappa shape index (κ3) is 5.05. The summed E-state index contributed by atoms with van der Waals surface area (Å²) in [6.45, 7) is 5.59. The van der Waals surface area contributed by atoms with Crippen LogP contribution in [0.5, 0.6) is 0 Å². The highest BCUT2D eigenvalue weighted by Crippen LogP contribution is 2.36. The molecule has 0 aliphatic carbocycles. The van der Waals surface area contributed by atoms with E-state index in [0.29, 0.717) is 17.3 Å². The SMILES string of the molecule is CC(=O)Nc1ccc(NC(=O)C(C)SC(=S)N2CC3CC(C2)c2cccc(=O)n2C3)cc1. The maximum absolute atomic E-state index is 12.7. The third-order valence-electron chi connectivity index (χ3n) is 5.86. The maximum atomic E-state index is 12.7. The van der Waals surface area contributed by atoms with E-state index in [0.717, 1.165) is 36.1 Å². The number of aromatic nitrogens is 1. The lowest BCUT2D eigenvalue weighted by Gasteiger charge is -2.43. The zero-order chi connectivity index (χ0) is 22.8. The molecule has 1 aromatic heterocycles. The van der Waals surface area contributed by atoms with Gasteiger partial charge in [0.25, 0.3) is 5.56 Å². The van der Waals surface area contributed by atoms with Crippen LogP contribution in [-0.4, -0.2) is 43.9 Å². The van der Waals surface area contributed by atoms with E-state index in [9.17, 15) is 14.4 Å². The number of anilines is 2. The van der Waals surface area contributed by atoms with E-state index >= 15 is 0 Å². The van der Waals surface area contributed by atoms with E-state index in [1.54, 1.807) is 30.3 Å². The summed E-state index contributed by atoms with van der Waals surface area (Å²) in [7, 11) is 0. The molecule has 2 amide bonds. The first-order chi connectivity index (χ1) is 15.3. The van der Waals surface area contributed by atoms with Gasteiger partial charge in [-0.3, -0.25) is 14.4 Å². The molecule has 3 atom stereocenters. The number of nitrogens with one attached hydrogen (secondary N) is 2. The molecule has 2 aromatic rings. The Morgan fingerprint density at radius 2 is 1.75 bits per heavy atom. The van der Waals surface area contributed by atoms with Crippen molar-refractivity contribution in [3.05, 3.63) is 58.5 Å². The highest BCUT2D eigenvalue weighted by molar-refractivity contribution is 8.23. The summed E-state index contributed by atoms with van der Waals surface area (Å²) in [5, 5.41) is 5.25. The Labute approximate surface area is 196 Å². The van der Waals surface area contributed by atoms with Gasteiger partial charge >= 0.3 is 0 Å². The van der Waals surface area contributed by atoms with Gasteiger partial charge in [-0.15, -0.1) is 0 Å². The fraction of sp³-hybridized carbons (Fsp3) is 0.391. The summed E-state index contributed by atoms with van der Waals surface area (Å²) < 4.78 is 2.62. The van der Waals surface area contributed by atoms with Crippen LogP contribution < -0.4 is 16.2 Å². The van der Waals surface area contributed by atoms with Gasteiger partial charge in [0.15, 0.2) is 0 Å². The van der Waals surface area contributed by atoms with Crippen molar-refractivity contribution in [3.8, 4) is 0 Å². The van der Waals surface area contributed by atoms with Crippen LogP contribution in [0.15, 0.2) is 47.3 Å². The van der Waals surface area contributed by atoms with Crippen LogP contribution in [0.4, 0.5) is 11.4 Å². The smallest absolute Gasteiger partial charge is 0.250 e. The van der Waals surface area contributed by atoms with Crippen molar-refractivity contribution in [2.45, 2.75) is 38.0 Å². The average molecular weight is 471 g/mol. The number of pyridine rings is 1. The molecule has 2 N–H and O–H groups in total. The number of rotatable bonds is 4. The van der Waals surface area contributed by atoms with E-state index in [1.807, 2.05) is 23.6 Å². The topological polar surface area (TPSA) is 83.4 Å². The van der Waals surface area contributed by atoms with E-state index in [2.05, 4.69) is 15.5 Å². The van der Waals surface area contributed by atoms with Gasteiger partial charge < -0.3 is 20.1 Å². The number of thioether (sulfide) groups is 1. The number of carbonyl (C=O) groups excluding carboxylic acids is 2. The Balaban J connectivity index is 1.34. The van der Waals surface area contributed by atoms with Crippen molar-refractivity contribution in [1.29, 1.82) is 0 Å². The lowest BCUT2D eigenvalue weighted by Crippen LogP contribution is -2.48. The molecule has 4 rings (SSSR count). The first-order valence-corrected chi connectivity index (χ1v) is 11.9. The molecule has 2 bridgehead atoms. The molecule has 1 fully saturated rings. The number of thiocarbonyl (C=S) groups is 1. The predicted molar refractivity (Wildman–Crippen MR) is 132 cm³/mol. The minimum absolute atomic E-state index is 0.0676. The summed E-state index contributed by atoms with van der Waals surface area (Å²) in [5.41, 5.74) is 2.49. The molecule has 3 unspecified atom stereocenters. The standard InChI is InChI=1S/C23H26N4O3S2/c1-14(22(30)25-19-8-6-18(7-9-19)24-15(2)28)32-23(31)26-11-16-10-17(13-26)20-4-3-5-21(29)27(20)12-16/h3-9,14,16-17H,10-13H2,1-2H3,(H,24,28)(H,25,30). The van der Waals surface area contributed by atoms with Gasteiger partial charge in [0.05, 0.1) is 5.25 Å². The molecular weight excluding hydrogens is 444 g/mol. The minimum atomic E-state index is -0.353. The van der Waals surface area contributed by atoms with Crippen LogP contribution in [0.3, 0.4) is 0 Å². The quantitative estimate of drug-likeness (QED) is 0.668. The van der Waals surface area contributed by atoms with Crippen molar-refractivity contribution in [1.82, 2.24) is 9.47 Å². The molecule has 0 radical (unpaired) electrons. The molecule has 3 heterocycles. The van der Waals surface area contributed by atoms with E-state index in [-0.39, 0.29) is 28.5 Å². The van der Waals surface area contributed by atoms with Crippen molar-refractivity contribution in [2.24, 2.45) is 5.92 Å². The fourth-order valence-electron chi connectivity index (χ4n) is 4.41. The number of hydrogen-bond donors (Lipinski definition) is 2. The van der Waals surface area contributed by atoms with Crippen molar-refractivity contribution in [2.75, 3.05) is 23.7 Å². The number of carbonyl (C=O) groups is 2. The normalized spacial score (nSPS) is 20.1. The highest BCUT2D eigenvalue weighted by atomic mass is 32.2. The number of benzene rings is 1. The molecule has 0 saturated carbocycles. The first kappa shape index (κ1) is 22.5. The molecule has 1 saturated heterocycles. The van der Waals surface area contributed by atoms with Crippen LogP contribution in [-0.2, 0) is 16.1 Å². The number of fused-ring (bicyclic) bond motifs is 4. The zero-order valence-electron chi connectivity index (χ0n) is 18.0. The minimum Gasteiger partial charge on any atom is -0.356 e. The molecule has 0 spiro atoms. The van der Waals surface area contributed by atoms with Gasteiger partial charge in [-0.25, -0.2) is 0 Å². The van der Waals surface area contributed by atoms with Crippen LogP contribution in [0.1, 0.15) is 31.9 Å². The Hall–Kier alpha value is -2.65. The fourth-order valence-corrected chi connectivity index (χ4v) is 5.76. The molecule has 2 aliphatic heterocycles. The molecule has 168 valence electrons. The Morgan fingerprint density at radius 1 is 1.06 bits per heavy atom. The summed E-state index contributed by atoms with van der Waals surface area (Å²) in [6.07, 6.45) is 1.07. The van der Waals surface area contributed by atoms with Crippen LogP contribution >= 0.6 is 24.0 Å². The largest absolute Gasteiger partial charge is 0.356 e.